The monoisotopic (exact) mass is 474 g/mol. The van der Waals surface area contributed by atoms with E-state index in [-0.39, 0.29) is 17.9 Å². The first kappa shape index (κ1) is 25.6. The van der Waals surface area contributed by atoms with Crippen molar-refractivity contribution in [3.8, 4) is 0 Å². The molecule has 1 saturated heterocycles. The molecule has 0 amide bonds. The molecule has 1 aliphatic heterocycles. The third kappa shape index (κ3) is 7.23. The highest BCUT2D eigenvalue weighted by Crippen LogP contribution is 2.27. The van der Waals surface area contributed by atoms with Crippen molar-refractivity contribution in [1.82, 2.24) is 9.80 Å². The standard InChI is InChI=1S/C31H39FN2O/c1-24(29-13-7-4-8-14-29)34(22-27-10-5-3-6-11-27)25(2)31(35)23-33-19-9-12-28(21-33)20-26-15-17-30(32)18-16-26/h3-8,10-11,13-18,24-25,28,31,35H,9,12,19-23H2,1-2H3/t24-,25-,28+,31+/m1/s1. The topological polar surface area (TPSA) is 26.7 Å². The van der Waals surface area contributed by atoms with Crippen LogP contribution in [0.3, 0.4) is 0 Å². The number of hydrogen-bond donors (Lipinski definition) is 1. The van der Waals surface area contributed by atoms with E-state index in [1.165, 1.54) is 23.1 Å². The molecule has 0 spiro atoms. The van der Waals surface area contributed by atoms with E-state index in [2.05, 4.69) is 78.2 Å². The van der Waals surface area contributed by atoms with E-state index < -0.39 is 6.10 Å². The van der Waals surface area contributed by atoms with Crippen molar-refractivity contribution >= 4 is 0 Å². The number of nitrogens with zero attached hydrogens (tertiary/aromatic N) is 2. The van der Waals surface area contributed by atoms with Crippen LogP contribution in [0.2, 0.25) is 0 Å². The normalized spacial score (nSPS) is 19.4. The minimum Gasteiger partial charge on any atom is -0.390 e. The van der Waals surface area contributed by atoms with Gasteiger partial charge in [-0.05, 0) is 74.4 Å². The molecule has 0 unspecified atom stereocenters. The minimum atomic E-state index is -0.450. The van der Waals surface area contributed by atoms with Gasteiger partial charge in [0.15, 0.2) is 0 Å². The van der Waals surface area contributed by atoms with Crippen molar-refractivity contribution in [2.45, 2.75) is 57.8 Å². The van der Waals surface area contributed by atoms with Gasteiger partial charge in [0, 0.05) is 31.7 Å². The van der Waals surface area contributed by atoms with Crippen molar-refractivity contribution in [3.05, 3.63) is 107 Å². The van der Waals surface area contributed by atoms with Crippen LogP contribution in [0.25, 0.3) is 0 Å². The summed E-state index contributed by atoms with van der Waals surface area (Å²) in [6.07, 6.45) is 2.84. The van der Waals surface area contributed by atoms with Crippen molar-refractivity contribution in [1.29, 1.82) is 0 Å². The van der Waals surface area contributed by atoms with Crippen LogP contribution in [0.1, 0.15) is 49.4 Å². The second-order valence-corrected chi connectivity index (χ2v) is 10.2. The maximum atomic E-state index is 13.3. The van der Waals surface area contributed by atoms with Crippen LogP contribution in [0.4, 0.5) is 4.39 Å². The number of piperidine rings is 1. The summed E-state index contributed by atoms with van der Waals surface area (Å²) >= 11 is 0. The van der Waals surface area contributed by atoms with Crippen molar-refractivity contribution in [3.63, 3.8) is 0 Å². The van der Waals surface area contributed by atoms with E-state index in [0.717, 1.165) is 32.5 Å². The fourth-order valence-electron chi connectivity index (χ4n) is 5.43. The van der Waals surface area contributed by atoms with Gasteiger partial charge in [-0.1, -0.05) is 72.8 Å². The predicted molar refractivity (Wildman–Crippen MR) is 142 cm³/mol. The summed E-state index contributed by atoms with van der Waals surface area (Å²) in [7, 11) is 0. The summed E-state index contributed by atoms with van der Waals surface area (Å²) in [5, 5.41) is 11.4. The van der Waals surface area contributed by atoms with Gasteiger partial charge in [-0.2, -0.15) is 0 Å². The Labute approximate surface area is 210 Å². The Morgan fingerprint density at radius 3 is 2.26 bits per heavy atom. The van der Waals surface area contributed by atoms with E-state index in [1.807, 2.05) is 18.2 Å². The highest BCUT2D eigenvalue weighted by molar-refractivity contribution is 5.21. The lowest BCUT2D eigenvalue weighted by molar-refractivity contribution is 0.00255. The molecule has 0 bridgehead atoms. The zero-order valence-electron chi connectivity index (χ0n) is 21.1. The van der Waals surface area contributed by atoms with Gasteiger partial charge in [0.05, 0.1) is 6.10 Å². The second kappa shape index (κ2) is 12.4. The van der Waals surface area contributed by atoms with Crippen LogP contribution >= 0.6 is 0 Å². The van der Waals surface area contributed by atoms with Crippen LogP contribution in [-0.2, 0) is 13.0 Å². The molecule has 0 saturated carbocycles. The van der Waals surface area contributed by atoms with E-state index in [1.54, 1.807) is 12.1 Å². The maximum absolute atomic E-state index is 13.3. The molecule has 3 aromatic carbocycles. The molecule has 3 nitrogen and oxygen atoms in total. The van der Waals surface area contributed by atoms with E-state index >= 15 is 0 Å². The quantitative estimate of drug-likeness (QED) is 0.385. The fourth-order valence-corrected chi connectivity index (χ4v) is 5.43. The molecule has 0 aliphatic carbocycles. The van der Waals surface area contributed by atoms with Gasteiger partial charge in [-0.25, -0.2) is 4.39 Å². The number of aliphatic hydroxyl groups is 1. The number of rotatable bonds is 10. The van der Waals surface area contributed by atoms with Crippen molar-refractivity contribution in [2.24, 2.45) is 5.92 Å². The van der Waals surface area contributed by atoms with Crippen LogP contribution in [0.15, 0.2) is 84.9 Å². The fraction of sp³-hybridized carbons (Fsp3) is 0.419. The Balaban J connectivity index is 1.41. The maximum Gasteiger partial charge on any atom is 0.123 e. The van der Waals surface area contributed by atoms with E-state index in [0.29, 0.717) is 12.5 Å². The third-order valence-corrected chi connectivity index (χ3v) is 7.55. The molecular formula is C31H39FN2O. The Morgan fingerprint density at radius 2 is 1.57 bits per heavy atom. The average molecular weight is 475 g/mol. The summed E-state index contributed by atoms with van der Waals surface area (Å²) < 4.78 is 13.3. The lowest BCUT2D eigenvalue weighted by Gasteiger charge is -2.40. The molecule has 1 N–H and O–H groups in total. The largest absolute Gasteiger partial charge is 0.390 e. The van der Waals surface area contributed by atoms with E-state index in [9.17, 15) is 9.50 Å². The average Bonchev–Trinajstić information content (AvgIpc) is 2.89. The summed E-state index contributed by atoms with van der Waals surface area (Å²) in [6, 6.07) is 28.2. The zero-order chi connectivity index (χ0) is 24.6. The Kier molecular flexibility index (Phi) is 9.08. The van der Waals surface area contributed by atoms with E-state index in [4.69, 9.17) is 0 Å². The number of halogens is 1. The number of β-amino-alcohol motifs (C(OH)–C–C–N with tert-alkyl or cyclic N) is 1. The number of likely N-dealkylation sites (tertiary alicyclic amines) is 1. The van der Waals surface area contributed by atoms with Gasteiger partial charge < -0.3 is 10.0 Å². The highest BCUT2D eigenvalue weighted by atomic mass is 19.1. The highest BCUT2D eigenvalue weighted by Gasteiger charge is 2.30. The van der Waals surface area contributed by atoms with Gasteiger partial charge >= 0.3 is 0 Å². The Morgan fingerprint density at radius 1 is 0.914 bits per heavy atom. The van der Waals surface area contributed by atoms with Crippen LogP contribution < -0.4 is 0 Å². The van der Waals surface area contributed by atoms with Crippen LogP contribution in [0.5, 0.6) is 0 Å². The summed E-state index contributed by atoms with van der Waals surface area (Å²) in [5.74, 6) is 0.362. The molecule has 0 radical (unpaired) electrons. The number of aliphatic hydroxyl groups excluding tert-OH is 1. The lowest BCUT2D eigenvalue weighted by Crippen LogP contribution is -2.49. The summed E-state index contributed by atoms with van der Waals surface area (Å²) in [5.41, 5.74) is 3.71. The van der Waals surface area contributed by atoms with Gasteiger partial charge in [0.2, 0.25) is 0 Å². The first-order valence-corrected chi connectivity index (χ1v) is 13.0. The molecule has 4 atom stereocenters. The number of benzene rings is 3. The molecule has 1 aliphatic rings. The summed E-state index contributed by atoms with van der Waals surface area (Å²) in [4.78, 5) is 4.85. The van der Waals surface area contributed by atoms with Crippen LogP contribution in [-0.4, -0.2) is 46.7 Å². The molecule has 35 heavy (non-hydrogen) atoms. The SMILES string of the molecule is C[C@H](c1ccccc1)N(Cc1ccccc1)[C@H](C)[C@@H](O)CN1CCC[C@@H](Cc2ccc(F)cc2)C1. The summed E-state index contributed by atoms with van der Waals surface area (Å²) in [6.45, 7) is 7.87. The van der Waals surface area contributed by atoms with Crippen molar-refractivity contribution < 1.29 is 9.50 Å². The molecule has 186 valence electrons. The Bertz CT molecular complexity index is 1010. The van der Waals surface area contributed by atoms with Gasteiger partial charge in [-0.15, -0.1) is 0 Å². The van der Waals surface area contributed by atoms with Crippen molar-refractivity contribution in [2.75, 3.05) is 19.6 Å². The predicted octanol–water partition coefficient (Wildman–Crippen LogP) is 6.09. The molecule has 1 fully saturated rings. The molecule has 0 aromatic heterocycles. The molecule has 4 heteroatoms. The number of hydrogen-bond acceptors (Lipinski definition) is 3. The van der Waals surface area contributed by atoms with Gasteiger partial charge in [0.1, 0.15) is 5.82 Å². The Hall–Kier alpha value is -2.53. The first-order valence-electron chi connectivity index (χ1n) is 13.0. The molecule has 1 heterocycles. The smallest absolute Gasteiger partial charge is 0.123 e. The van der Waals surface area contributed by atoms with Crippen LogP contribution in [0, 0.1) is 11.7 Å². The molecule has 4 rings (SSSR count). The zero-order valence-corrected chi connectivity index (χ0v) is 21.1. The van der Waals surface area contributed by atoms with Gasteiger partial charge in [-0.3, -0.25) is 4.90 Å². The third-order valence-electron chi connectivity index (χ3n) is 7.55. The lowest BCUT2D eigenvalue weighted by atomic mass is 9.91. The van der Waals surface area contributed by atoms with Gasteiger partial charge in [0.25, 0.3) is 0 Å². The first-order chi connectivity index (χ1) is 17.0. The molecular weight excluding hydrogens is 435 g/mol. The molecule has 3 aromatic rings. The second-order valence-electron chi connectivity index (χ2n) is 10.2. The minimum absolute atomic E-state index is 0.00267.